The number of benzene rings is 1. The fourth-order valence-corrected chi connectivity index (χ4v) is 6.44. The Kier molecular flexibility index (Phi) is 4.65. The highest BCUT2D eigenvalue weighted by Gasteiger charge is 2.74. The number of hydrogen-bond donors (Lipinski definition) is 1. The van der Waals surface area contributed by atoms with Gasteiger partial charge in [-0.15, -0.1) is 0 Å². The second-order valence-corrected chi connectivity index (χ2v) is 10.2. The smallest absolute Gasteiger partial charge is 0.231 e. The molecule has 1 N–H and O–H groups in total. The van der Waals surface area contributed by atoms with Gasteiger partial charge in [0.15, 0.2) is 0 Å². The monoisotopic (exact) mass is 460 g/mol. The fourth-order valence-electron chi connectivity index (χ4n) is 6.44. The first-order chi connectivity index (χ1) is 16.3. The van der Waals surface area contributed by atoms with E-state index in [0.29, 0.717) is 17.4 Å². The molecule has 3 saturated heterocycles. The van der Waals surface area contributed by atoms with Gasteiger partial charge in [0.2, 0.25) is 11.8 Å². The maximum atomic E-state index is 13.9. The number of rotatable bonds is 4. The summed E-state index contributed by atoms with van der Waals surface area (Å²) in [4.78, 5) is 42.2. The fraction of sp³-hybridized carbons (Fsp3) is 0.444. The molecule has 3 fully saturated rings. The van der Waals surface area contributed by atoms with Crippen LogP contribution in [0.15, 0.2) is 59.2 Å². The molecular weight excluding hydrogens is 432 g/mol. The van der Waals surface area contributed by atoms with E-state index in [1.165, 1.54) is 5.56 Å². The standard InChI is InChI=1S/C27H28N2O5/c1-14(2)16-6-8-17(9-7-16)28-25(31)22-21-10-11-27(34-21)23(22)26(32)29-18(20-5-4-12-33-20)13-19(30)15(3)24(27)29/h4-12,14-15,18,21-24H,13H2,1-3H3,(H,28,31)/t15-,18-,21-,22+,23-,24+,27-/m0/s1. The van der Waals surface area contributed by atoms with Crippen LogP contribution in [0.1, 0.15) is 50.5 Å². The minimum Gasteiger partial charge on any atom is -0.467 e. The van der Waals surface area contributed by atoms with Crippen LogP contribution in [0.2, 0.25) is 0 Å². The highest BCUT2D eigenvalue weighted by atomic mass is 16.5. The number of anilines is 1. The van der Waals surface area contributed by atoms with Gasteiger partial charge in [0, 0.05) is 18.0 Å². The van der Waals surface area contributed by atoms with Crippen LogP contribution in [-0.2, 0) is 19.1 Å². The molecule has 7 atom stereocenters. The summed E-state index contributed by atoms with van der Waals surface area (Å²) in [5.41, 5.74) is 0.898. The predicted octanol–water partition coefficient (Wildman–Crippen LogP) is 3.84. The third-order valence-corrected chi connectivity index (χ3v) is 8.10. The molecule has 4 aliphatic rings. The van der Waals surface area contributed by atoms with Crippen molar-refractivity contribution < 1.29 is 23.5 Å². The van der Waals surface area contributed by atoms with Crippen LogP contribution in [-0.4, -0.2) is 40.2 Å². The molecule has 0 saturated carbocycles. The van der Waals surface area contributed by atoms with Gasteiger partial charge in [0.25, 0.3) is 0 Å². The van der Waals surface area contributed by atoms with Gasteiger partial charge in [-0.25, -0.2) is 0 Å². The van der Waals surface area contributed by atoms with Crippen molar-refractivity contribution in [2.45, 2.75) is 56.9 Å². The number of furan rings is 1. The lowest BCUT2D eigenvalue weighted by molar-refractivity contribution is -0.147. The summed E-state index contributed by atoms with van der Waals surface area (Å²) in [6, 6.07) is 10.4. The number of Topliss-reactive ketones (excluding diaryl/α,β-unsaturated/α-hetero) is 1. The Labute approximate surface area is 198 Å². The van der Waals surface area contributed by atoms with E-state index < -0.39 is 41.5 Å². The zero-order valence-electron chi connectivity index (χ0n) is 19.4. The molecule has 0 radical (unpaired) electrons. The number of carbonyl (C=O) groups excluding carboxylic acids is 3. The van der Waals surface area contributed by atoms with Crippen molar-refractivity contribution in [1.82, 2.24) is 4.90 Å². The highest BCUT2D eigenvalue weighted by molar-refractivity contribution is 6.00. The SMILES string of the molecule is CC(C)c1ccc(NC(=O)[C@@H]2[C@@H]3C=C[C@]4(O3)[C@@H]2C(=O)N2[C@H](c3ccco3)CC(=O)[C@H](C)[C@@H]24)cc1. The Morgan fingerprint density at radius 2 is 1.94 bits per heavy atom. The zero-order valence-corrected chi connectivity index (χ0v) is 19.4. The molecule has 4 aliphatic heterocycles. The minimum absolute atomic E-state index is 0.0732. The van der Waals surface area contributed by atoms with Gasteiger partial charge in [-0.3, -0.25) is 14.4 Å². The molecule has 1 spiro atoms. The van der Waals surface area contributed by atoms with Crippen LogP contribution in [0.3, 0.4) is 0 Å². The third kappa shape index (κ3) is 2.83. The van der Waals surface area contributed by atoms with Crippen LogP contribution in [0.25, 0.3) is 0 Å². The van der Waals surface area contributed by atoms with Crippen LogP contribution in [0.5, 0.6) is 0 Å². The van der Waals surface area contributed by atoms with Gasteiger partial charge in [-0.1, -0.05) is 45.1 Å². The summed E-state index contributed by atoms with van der Waals surface area (Å²) in [7, 11) is 0. The number of hydrogen-bond acceptors (Lipinski definition) is 5. The summed E-state index contributed by atoms with van der Waals surface area (Å²) in [5.74, 6) is -1.05. The van der Waals surface area contributed by atoms with Crippen LogP contribution in [0, 0.1) is 17.8 Å². The molecule has 0 aliphatic carbocycles. The number of fused-ring (bicyclic) bond motifs is 2. The molecule has 0 unspecified atom stereocenters. The first-order valence-corrected chi connectivity index (χ1v) is 12.0. The van der Waals surface area contributed by atoms with E-state index in [0.717, 1.165) is 0 Å². The maximum Gasteiger partial charge on any atom is 0.231 e. The number of carbonyl (C=O) groups is 3. The van der Waals surface area contributed by atoms with Gasteiger partial charge < -0.3 is 19.4 Å². The van der Waals surface area contributed by atoms with Gasteiger partial charge in [-0.05, 0) is 35.7 Å². The molecule has 2 amide bonds. The molecule has 5 heterocycles. The zero-order chi connectivity index (χ0) is 23.8. The molecule has 6 rings (SSSR count). The van der Waals surface area contributed by atoms with Crippen molar-refractivity contribution in [3.05, 3.63) is 66.1 Å². The van der Waals surface area contributed by atoms with E-state index in [9.17, 15) is 14.4 Å². The largest absolute Gasteiger partial charge is 0.467 e. The quantitative estimate of drug-likeness (QED) is 0.701. The molecule has 2 bridgehead atoms. The molecular formula is C27H28N2O5. The number of piperidine rings is 1. The second-order valence-electron chi connectivity index (χ2n) is 10.2. The van der Waals surface area contributed by atoms with Crippen molar-refractivity contribution in [3.8, 4) is 0 Å². The van der Waals surface area contributed by atoms with Crippen molar-refractivity contribution in [2.24, 2.45) is 17.8 Å². The van der Waals surface area contributed by atoms with Gasteiger partial charge in [0.1, 0.15) is 17.1 Å². The molecule has 7 nitrogen and oxygen atoms in total. The van der Waals surface area contributed by atoms with Gasteiger partial charge in [-0.2, -0.15) is 0 Å². The lowest BCUT2D eigenvalue weighted by Gasteiger charge is -2.43. The highest BCUT2D eigenvalue weighted by Crippen LogP contribution is 2.60. The average Bonchev–Trinajstić information content (AvgIpc) is 3.59. The van der Waals surface area contributed by atoms with E-state index in [2.05, 4.69) is 19.2 Å². The summed E-state index contributed by atoms with van der Waals surface area (Å²) in [6.45, 7) is 6.10. The summed E-state index contributed by atoms with van der Waals surface area (Å²) < 4.78 is 12.0. The number of nitrogens with zero attached hydrogens (tertiary/aromatic N) is 1. The minimum atomic E-state index is -0.981. The lowest BCUT2D eigenvalue weighted by Crippen LogP contribution is -2.55. The maximum absolute atomic E-state index is 13.9. The lowest BCUT2D eigenvalue weighted by atomic mass is 9.70. The first kappa shape index (κ1) is 21.4. The molecule has 176 valence electrons. The third-order valence-electron chi connectivity index (χ3n) is 8.10. The topological polar surface area (TPSA) is 88.8 Å². The van der Waals surface area contributed by atoms with E-state index >= 15 is 0 Å². The van der Waals surface area contributed by atoms with Crippen LogP contribution in [0.4, 0.5) is 5.69 Å². The normalized spacial score (nSPS) is 35.7. The molecule has 7 heteroatoms. The van der Waals surface area contributed by atoms with Crippen molar-refractivity contribution >= 4 is 23.3 Å². The van der Waals surface area contributed by atoms with E-state index in [1.54, 1.807) is 23.3 Å². The Balaban J connectivity index is 1.34. The van der Waals surface area contributed by atoms with Gasteiger partial charge in [0.05, 0.1) is 36.3 Å². The number of amides is 2. The Hall–Kier alpha value is -3.19. The first-order valence-electron chi connectivity index (χ1n) is 12.0. The average molecular weight is 461 g/mol. The second kappa shape index (κ2) is 7.40. The molecule has 1 aromatic heterocycles. The number of nitrogens with one attached hydrogen (secondary N) is 1. The van der Waals surface area contributed by atoms with Crippen molar-refractivity contribution in [3.63, 3.8) is 0 Å². The summed E-state index contributed by atoms with van der Waals surface area (Å²) in [5, 5.41) is 3.00. The number of ketones is 1. The molecule has 34 heavy (non-hydrogen) atoms. The van der Waals surface area contributed by atoms with E-state index in [4.69, 9.17) is 9.15 Å². The molecule has 2 aromatic rings. The number of ether oxygens (including phenoxy) is 1. The van der Waals surface area contributed by atoms with E-state index in [1.807, 2.05) is 43.3 Å². The Morgan fingerprint density at radius 3 is 2.62 bits per heavy atom. The van der Waals surface area contributed by atoms with E-state index in [-0.39, 0.29) is 24.0 Å². The summed E-state index contributed by atoms with van der Waals surface area (Å²) in [6.07, 6.45) is 5.06. The Morgan fingerprint density at radius 1 is 1.18 bits per heavy atom. The van der Waals surface area contributed by atoms with Gasteiger partial charge >= 0.3 is 0 Å². The Bertz CT molecular complexity index is 1180. The predicted molar refractivity (Wildman–Crippen MR) is 124 cm³/mol. The van der Waals surface area contributed by atoms with Crippen LogP contribution < -0.4 is 5.32 Å². The van der Waals surface area contributed by atoms with Crippen molar-refractivity contribution in [1.29, 1.82) is 0 Å². The van der Waals surface area contributed by atoms with Crippen LogP contribution >= 0.6 is 0 Å². The summed E-state index contributed by atoms with van der Waals surface area (Å²) >= 11 is 0. The van der Waals surface area contributed by atoms with Crippen molar-refractivity contribution in [2.75, 3.05) is 5.32 Å². The molecule has 1 aromatic carbocycles.